The van der Waals surface area contributed by atoms with Crippen LogP contribution < -0.4 is 10.9 Å². The molecule has 1 aliphatic heterocycles. The molecule has 2 fully saturated rings. The maximum atomic E-state index is 13.4. The number of hydrogen-bond donors (Lipinski definition) is 2. The number of benzene rings is 1. The van der Waals surface area contributed by atoms with Gasteiger partial charge in [0.1, 0.15) is 23.3 Å². The quantitative estimate of drug-likeness (QED) is 0.346. The van der Waals surface area contributed by atoms with Gasteiger partial charge in [0.2, 0.25) is 11.9 Å². The Morgan fingerprint density at radius 2 is 1.78 bits per heavy atom. The van der Waals surface area contributed by atoms with E-state index in [-0.39, 0.29) is 35.8 Å². The monoisotopic (exact) mass is 563 g/mol. The molecule has 1 saturated heterocycles. The lowest BCUT2D eigenvalue weighted by Gasteiger charge is -2.40. The van der Waals surface area contributed by atoms with E-state index in [2.05, 4.69) is 20.4 Å². The minimum Gasteiger partial charge on any atom is -0.388 e. The molecule has 2 aliphatic rings. The molecular formula is C29H31F2N7O3. The predicted molar refractivity (Wildman–Crippen MR) is 147 cm³/mol. The van der Waals surface area contributed by atoms with Crippen LogP contribution in [-0.4, -0.2) is 65.0 Å². The first kappa shape index (κ1) is 27.0. The molecule has 2 N–H and O–H groups in total. The van der Waals surface area contributed by atoms with E-state index in [4.69, 9.17) is 0 Å². The van der Waals surface area contributed by atoms with Crippen LogP contribution >= 0.6 is 0 Å². The third kappa shape index (κ3) is 5.69. The van der Waals surface area contributed by atoms with E-state index in [1.807, 2.05) is 4.90 Å². The number of halogens is 2. The van der Waals surface area contributed by atoms with Crippen LogP contribution in [0.4, 0.5) is 14.6 Å². The summed E-state index contributed by atoms with van der Waals surface area (Å²) in [4.78, 5) is 36.5. The second kappa shape index (κ2) is 11.0. The molecule has 0 spiro atoms. The van der Waals surface area contributed by atoms with Gasteiger partial charge < -0.3 is 15.3 Å². The zero-order valence-electron chi connectivity index (χ0n) is 22.4. The summed E-state index contributed by atoms with van der Waals surface area (Å²) in [5.41, 5.74) is -0.547. The van der Waals surface area contributed by atoms with Gasteiger partial charge in [-0.3, -0.25) is 14.2 Å². The van der Waals surface area contributed by atoms with E-state index in [0.717, 1.165) is 25.7 Å². The molecule has 1 aliphatic carbocycles. The molecule has 41 heavy (non-hydrogen) atoms. The van der Waals surface area contributed by atoms with Crippen LogP contribution in [0.1, 0.15) is 38.5 Å². The predicted octanol–water partition coefficient (Wildman–Crippen LogP) is 3.28. The number of carbonyl (C=O) groups excluding carboxylic acids is 1. The number of aromatic nitrogens is 5. The van der Waals surface area contributed by atoms with Gasteiger partial charge in [-0.1, -0.05) is 6.07 Å². The summed E-state index contributed by atoms with van der Waals surface area (Å²) in [7, 11) is 0. The number of rotatable bonds is 6. The molecule has 4 aromatic rings. The SMILES string of the molecule is O=c1c2cnn(-c3ccc(F)cc3)c2ncn1CC1(O)CCN(C(=O)[C@H]2CC[C@@H](Nc3cccc(F)n3)CC2)CC1. The molecule has 1 amide bonds. The standard InChI is InChI=1S/C29H31F2N7O3/c30-20-6-10-22(11-7-20)38-26-23(16-33-38)28(40)37(18-32-26)17-29(41)12-14-36(15-13-29)27(39)19-4-8-21(9-5-19)34-25-3-1-2-24(31)35-25/h1-3,6-7,10-11,16,18-19,21,41H,4-5,8-9,12-15,17H2,(H,34,35)/t19-,21+. The highest BCUT2D eigenvalue weighted by atomic mass is 19.1. The molecule has 3 aromatic heterocycles. The molecule has 0 unspecified atom stereocenters. The third-order valence-corrected chi connectivity index (χ3v) is 8.24. The largest absolute Gasteiger partial charge is 0.388 e. The average molecular weight is 564 g/mol. The summed E-state index contributed by atoms with van der Waals surface area (Å²) < 4.78 is 29.5. The lowest BCUT2D eigenvalue weighted by molar-refractivity contribution is -0.141. The molecule has 1 aromatic carbocycles. The second-order valence-corrected chi connectivity index (χ2v) is 11.0. The first-order valence-corrected chi connectivity index (χ1v) is 13.9. The maximum absolute atomic E-state index is 13.4. The fourth-order valence-corrected chi connectivity index (χ4v) is 5.89. The molecule has 10 nitrogen and oxygen atoms in total. The zero-order valence-corrected chi connectivity index (χ0v) is 22.4. The van der Waals surface area contributed by atoms with Crippen molar-refractivity contribution in [1.82, 2.24) is 29.2 Å². The molecule has 0 bridgehead atoms. The van der Waals surface area contributed by atoms with Gasteiger partial charge >= 0.3 is 0 Å². The van der Waals surface area contributed by atoms with Crippen LogP contribution in [0.3, 0.4) is 0 Å². The Bertz CT molecular complexity index is 1600. The van der Waals surface area contributed by atoms with Crippen molar-refractivity contribution in [3.63, 3.8) is 0 Å². The Balaban J connectivity index is 1.04. The number of amides is 1. The Hall–Kier alpha value is -4.19. The van der Waals surface area contributed by atoms with Crippen LogP contribution in [0.5, 0.6) is 0 Å². The lowest BCUT2D eigenvalue weighted by atomic mass is 9.84. The van der Waals surface area contributed by atoms with Crippen molar-refractivity contribution in [1.29, 1.82) is 0 Å². The summed E-state index contributed by atoms with van der Waals surface area (Å²) in [6.07, 6.45) is 6.58. The van der Waals surface area contributed by atoms with E-state index in [9.17, 15) is 23.5 Å². The van der Waals surface area contributed by atoms with E-state index in [1.165, 1.54) is 40.0 Å². The molecule has 214 valence electrons. The number of aliphatic hydroxyl groups is 1. The van der Waals surface area contributed by atoms with Crippen molar-refractivity contribution in [3.05, 3.63) is 77.1 Å². The number of pyridine rings is 1. The van der Waals surface area contributed by atoms with Crippen molar-refractivity contribution in [2.24, 2.45) is 5.92 Å². The number of fused-ring (bicyclic) bond motifs is 1. The first-order valence-electron chi connectivity index (χ1n) is 13.9. The summed E-state index contributed by atoms with van der Waals surface area (Å²) in [6.45, 7) is 0.880. The van der Waals surface area contributed by atoms with Gasteiger partial charge in [-0.05, 0) is 74.9 Å². The lowest BCUT2D eigenvalue weighted by Crippen LogP contribution is -2.51. The summed E-state index contributed by atoms with van der Waals surface area (Å²) >= 11 is 0. The Labute approximate surface area is 234 Å². The molecule has 1 saturated carbocycles. The molecule has 0 radical (unpaired) electrons. The highest BCUT2D eigenvalue weighted by Crippen LogP contribution is 2.31. The number of nitrogens with zero attached hydrogens (tertiary/aromatic N) is 6. The van der Waals surface area contributed by atoms with Crippen molar-refractivity contribution in [2.45, 2.75) is 56.7 Å². The van der Waals surface area contributed by atoms with E-state index in [0.29, 0.717) is 48.5 Å². The Morgan fingerprint density at radius 3 is 2.49 bits per heavy atom. The van der Waals surface area contributed by atoms with Crippen LogP contribution in [0.25, 0.3) is 16.7 Å². The Kier molecular flexibility index (Phi) is 7.24. The van der Waals surface area contributed by atoms with Gasteiger partial charge in [0.15, 0.2) is 5.65 Å². The number of piperidine rings is 1. The molecule has 6 rings (SSSR count). The number of hydrogen-bond acceptors (Lipinski definition) is 7. The fourth-order valence-electron chi connectivity index (χ4n) is 5.89. The highest BCUT2D eigenvalue weighted by molar-refractivity contribution is 5.79. The van der Waals surface area contributed by atoms with Crippen molar-refractivity contribution >= 4 is 22.8 Å². The molecule has 12 heteroatoms. The zero-order chi connectivity index (χ0) is 28.6. The minimum absolute atomic E-state index is 0.0590. The van der Waals surface area contributed by atoms with Gasteiger partial charge in [0, 0.05) is 25.0 Å². The van der Waals surface area contributed by atoms with Gasteiger partial charge in [-0.15, -0.1) is 0 Å². The number of anilines is 1. The molecule has 4 heterocycles. The van der Waals surface area contributed by atoms with Crippen molar-refractivity contribution in [2.75, 3.05) is 18.4 Å². The summed E-state index contributed by atoms with van der Waals surface area (Å²) in [5, 5.41) is 19.1. The molecule has 0 atom stereocenters. The normalized spacial score (nSPS) is 20.7. The highest BCUT2D eigenvalue weighted by Gasteiger charge is 2.37. The molecular weight excluding hydrogens is 532 g/mol. The van der Waals surface area contributed by atoms with Crippen LogP contribution in [0, 0.1) is 17.7 Å². The van der Waals surface area contributed by atoms with E-state index >= 15 is 0 Å². The van der Waals surface area contributed by atoms with E-state index in [1.54, 1.807) is 24.3 Å². The second-order valence-electron chi connectivity index (χ2n) is 11.0. The van der Waals surface area contributed by atoms with Gasteiger partial charge in [-0.2, -0.15) is 9.49 Å². The topological polar surface area (TPSA) is 118 Å². The van der Waals surface area contributed by atoms with Gasteiger partial charge in [-0.25, -0.2) is 19.0 Å². The Morgan fingerprint density at radius 1 is 1.05 bits per heavy atom. The number of likely N-dealkylation sites (tertiary alicyclic amines) is 1. The minimum atomic E-state index is -1.15. The van der Waals surface area contributed by atoms with Crippen LogP contribution in [-0.2, 0) is 11.3 Å². The summed E-state index contributed by atoms with van der Waals surface area (Å²) in [5.74, 6) is -0.370. The van der Waals surface area contributed by atoms with Gasteiger partial charge in [0.25, 0.3) is 5.56 Å². The van der Waals surface area contributed by atoms with Crippen LogP contribution in [0.2, 0.25) is 0 Å². The first-order chi connectivity index (χ1) is 19.8. The fraction of sp³-hybridized carbons (Fsp3) is 0.414. The van der Waals surface area contributed by atoms with Crippen molar-refractivity contribution < 1.29 is 18.7 Å². The summed E-state index contributed by atoms with van der Waals surface area (Å²) in [6, 6.07) is 10.5. The third-order valence-electron chi connectivity index (χ3n) is 8.24. The smallest absolute Gasteiger partial charge is 0.264 e. The maximum Gasteiger partial charge on any atom is 0.264 e. The van der Waals surface area contributed by atoms with Gasteiger partial charge in [0.05, 0.1) is 24.0 Å². The number of nitrogens with one attached hydrogen (secondary N) is 1. The van der Waals surface area contributed by atoms with E-state index < -0.39 is 11.5 Å². The number of carbonyl (C=O) groups is 1. The average Bonchev–Trinajstić information content (AvgIpc) is 3.40. The van der Waals surface area contributed by atoms with Crippen molar-refractivity contribution in [3.8, 4) is 5.69 Å². The van der Waals surface area contributed by atoms with Crippen LogP contribution in [0.15, 0.2) is 59.8 Å².